The SMILES string of the molecule is CC(=O)Nc1cc(C)c(C)cc1N=C=O. The Hall–Kier alpha value is -1.93. The lowest BCUT2D eigenvalue weighted by molar-refractivity contribution is -0.114. The smallest absolute Gasteiger partial charge is 0.240 e. The predicted molar refractivity (Wildman–Crippen MR) is 58.0 cm³/mol. The van der Waals surface area contributed by atoms with E-state index >= 15 is 0 Å². The summed E-state index contributed by atoms with van der Waals surface area (Å²) >= 11 is 0. The fourth-order valence-electron chi connectivity index (χ4n) is 1.23. The van der Waals surface area contributed by atoms with Crippen LogP contribution in [0.3, 0.4) is 0 Å². The standard InChI is InChI=1S/C11H12N2O2/c1-7-4-10(12-6-14)11(5-8(7)2)13-9(3)15/h4-5H,1-3H3,(H,13,15). The lowest BCUT2D eigenvalue weighted by atomic mass is 10.1. The van der Waals surface area contributed by atoms with E-state index in [1.54, 1.807) is 12.1 Å². The van der Waals surface area contributed by atoms with Crippen molar-refractivity contribution in [1.29, 1.82) is 0 Å². The van der Waals surface area contributed by atoms with Crippen LogP contribution in [0.15, 0.2) is 17.1 Å². The van der Waals surface area contributed by atoms with Gasteiger partial charge in [0, 0.05) is 6.92 Å². The maximum absolute atomic E-state index is 10.9. The normalized spacial score (nSPS) is 9.27. The maximum Gasteiger partial charge on any atom is 0.240 e. The van der Waals surface area contributed by atoms with Gasteiger partial charge in [-0.2, -0.15) is 4.99 Å². The van der Waals surface area contributed by atoms with Gasteiger partial charge in [0.2, 0.25) is 12.0 Å². The van der Waals surface area contributed by atoms with Crippen molar-refractivity contribution in [1.82, 2.24) is 0 Å². The number of hydrogen-bond acceptors (Lipinski definition) is 3. The Morgan fingerprint density at radius 1 is 1.33 bits per heavy atom. The minimum Gasteiger partial charge on any atom is -0.324 e. The van der Waals surface area contributed by atoms with E-state index in [2.05, 4.69) is 10.3 Å². The molecule has 1 amide bonds. The number of rotatable bonds is 2. The number of anilines is 1. The zero-order valence-electron chi connectivity index (χ0n) is 8.92. The average Bonchev–Trinajstić information content (AvgIpc) is 2.13. The molecule has 0 bridgehead atoms. The van der Waals surface area contributed by atoms with E-state index in [0.29, 0.717) is 11.4 Å². The Bertz CT molecular complexity index is 446. The molecule has 0 heterocycles. The van der Waals surface area contributed by atoms with E-state index in [-0.39, 0.29) is 5.91 Å². The van der Waals surface area contributed by atoms with Crippen molar-refractivity contribution in [3.05, 3.63) is 23.3 Å². The molecule has 1 N–H and O–H groups in total. The number of aliphatic imine (C=N–C) groups is 1. The molecule has 0 radical (unpaired) electrons. The van der Waals surface area contributed by atoms with Crippen LogP contribution >= 0.6 is 0 Å². The van der Waals surface area contributed by atoms with Crippen LogP contribution in [-0.2, 0) is 9.59 Å². The molecule has 15 heavy (non-hydrogen) atoms. The molecular formula is C11H12N2O2. The molecule has 0 aliphatic rings. The molecule has 0 unspecified atom stereocenters. The third kappa shape index (κ3) is 2.76. The van der Waals surface area contributed by atoms with Gasteiger partial charge in [0.05, 0.1) is 5.69 Å². The van der Waals surface area contributed by atoms with Gasteiger partial charge >= 0.3 is 0 Å². The highest BCUT2D eigenvalue weighted by atomic mass is 16.1. The van der Waals surface area contributed by atoms with E-state index in [9.17, 15) is 9.59 Å². The van der Waals surface area contributed by atoms with Crippen molar-refractivity contribution >= 4 is 23.4 Å². The highest BCUT2D eigenvalue weighted by Crippen LogP contribution is 2.28. The van der Waals surface area contributed by atoms with Crippen molar-refractivity contribution in [3.8, 4) is 0 Å². The minimum atomic E-state index is -0.194. The first kappa shape index (κ1) is 11.1. The van der Waals surface area contributed by atoms with Crippen LogP contribution in [0.4, 0.5) is 11.4 Å². The van der Waals surface area contributed by atoms with Crippen molar-refractivity contribution in [2.75, 3.05) is 5.32 Å². The second-order valence-corrected chi connectivity index (χ2v) is 3.34. The van der Waals surface area contributed by atoms with Crippen LogP contribution in [0.1, 0.15) is 18.1 Å². The van der Waals surface area contributed by atoms with Crippen LogP contribution < -0.4 is 5.32 Å². The number of benzene rings is 1. The summed E-state index contributed by atoms with van der Waals surface area (Å²) in [6.07, 6.45) is 1.47. The van der Waals surface area contributed by atoms with Crippen molar-refractivity contribution in [2.45, 2.75) is 20.8 Å². The van der Waals surface area contributed by atoms with Gasteiger partial charge in [-0.15, -0.1) is 0 Å². The minimum absolute atomic E-state index is 0.194. The van der Waals surface area contributed by atoms with Gasteiger partial charge < -0.3 is 5.32 Å². The molecule has 0 fully saturated rings. The Labute approximate surface area is 88.0 Å². The van der Waals surface area contributed by atoms with Crippen molar-refractivity contribution < 1.29 is 9.59 Å². The number of isocyanates is 1. The van der Waals surface area contributed by atoms with Gasteiger partial charge in [0.1, 0.15) is 5.69 Å². The van der Waals surface area contributed by atoms with E-state index < -0.39 is 0 Å². The molecule has 1 aromatic carbocycles. The van der Waals surface area contributed by atoms with Crippen LogP contribution in [0.5, 0.6) is 0 Å². The van der Waals surface area contributed by atoms with E-state index in [1.165, 1.54) is 13.0 Å². The molecule has 0 spiro atoms. The number of aryl methyl sites for hydroxylation is 2. The van der Waals surface area contributed by atoms with Crippen molar-refractivity contribution in [3.63, 3.8) is 0 Å². The van der Waals surface area contributed by atoms with Crippen LogP contribution in [0.2, 0.25) is 0 Å². The third-order valence-electron chi connectivity index (χ3n) is 2.09. The fraction of sp³-hybridized carbons (Fsp3) is 0.273. The number of amides is 1. The first-order valence-corrected chi connectivity index (χ1v) is 4.51. The molecule has 4 nitrogen and oxygen atoms in total. The molecule has 1 aromatic rings. The summed E-state index contributed by atoms with van der Waals surface area (Å²) in [6.45, 7) is 5.25. The van der Waals surface area contributed by atoms with Gasteiger partial charge in [0.25, 0.3) is 0 Å². The highest BCUT2D eigenvalue weighted by Gasteiger charge is 2.05. The summed E-state index contributed by atoms with van der Waals surface area (Å²) in [5.74, 6) is -0.194. The quantitative estimate of drug-likeness (QED) is 0.593. The first-order valence-electron chi connectivity index (χ1n) is 4.51. The van der Waals surface area contributed by atoms with Gasteiger partial charge in [-0.1, -0.05) is 0 Å². The Morgan fingerprint density at radius 2 is 1.93 bits per heavy atom. The highest BCUT2D eigenvalue weighted by molar-refractivity contribution is 5.92. The molecule has 0 saturated heterocycles. The lowest BCUT2D eigenvalue weighted by Gasteiger charge is -2.08. The summed E-state index contributed by atoms with van der Waals surface area (Å²) < 4.78 is 0. The third-order valence-corrected chi connectivity index (χ3v) is 2.09. The second kappa shape index (κ2) is 4.53. The molecule has 0 aliphatic heterocycles. The van der Waals surface area contributed by atoms with Gasteiger partial charge in [-0.25, -0.2) is 4.79 Å². The van der Waals surface area contributed by atoms with Crippen molar-refractivity contribution in [2.24, 2.45) is 4.99 Å². The number of hydrogen-bond donors (Lipinski definition) is 1. The summed E-state index contributed by atoms with van der Waals surface area (Å²) in [7, 11) is 0. The Morgan fingerprint density at radius 3 is 2.47 bits per heavy atom. The Balaban J connectivity index is 3.27. The molecule has 0 aromatic heterocycles. The molecular weight excluding hydrogens is 192 g/mol. The van der Waals surface area contributed by atoms with E-state index in [4.69, 9.17) is 0 Å². The predicted octanol–water partition coefficient (Wildman–Crippen LogP) is 2.23. The van der Waals surface area contributed by atoms with Gasteiger partial charge in [-0.05, 0) is 37.1 Å². The Kier molecular flexibility index (Phi) is 3.37. The van der Waals surface area contributed by atoms with E-state index in [0.717, 1.165) is 11.1 Å². The molecule has 78 valence electrons. The summed E-state index contributed by atoms with van der Waals surface area (Å²) in [6, 6.07) is 3.53. The largest absolute Gasteiger partial charge is 0.324 e. The van der Waals surface area contributed by atoms with Gasteiger partial charge in [-0.3, -0.25) is 4.79 Å². The number of nitrogens with zero attached hydrogens (tertiary/aromatic N) is 1. The van der Waals surface area contributed by atoms with Gasteiger partial charge in [0.15, 0.2) is 0 Å². The fourth-order valence-corrected chi connectivity index (χ4v) is 1.23. The average molecular weight is 204 g/mol. The lowest BCUT2D eigenvalue weighted by Crippen LogP contribution is -2.06. The number of carbonyl (C=O) groups excluding carboxylic acids is 2. The monoisotopic (exact) mass is 204 g/mol. The maximum atomic E-state index is 10.9. The topological polar surface area (TPSA) is 58.5 Å². The second-order valence-electron chi connectivity index (χ2n) is 3.34. The zero-order valence-corrected chi connectivity index (χ0v) is 8.92. The molecule has 0 saturated carbocycles. The molecule has 4 heteroatoms. The van der Waals surface area contributed by atoms with Crippen LogP contribution in [0, 0.1) is 13.8 Å². The van der Waals surface area contributed by atoms with E-state index in [1.807, 2.05) is 13.8 Å². The zero-order chi connectivity index (χ0) is 11.4. The summed E-state index contributed by atoms with van der Waals surface area (Å²) in [5, 5.41) is 2.61. The summed E-state index contributed by atoms with van der Waals surface area (Å²) in [5.41, 5.74) is 3.01. The summed E-state index contributed by atoms with van der Waals surface area (Å²) in [4.78, 5) is 24.7. The molecule has 1 rings (SSSR count). The van der Waals surface area contributed by atoms with Crippen LogP contribution in [0.25, 0.3) is 0 Å². The molecule has 0 aliphatic carbocycles. The number of nitrogens with one attached hydrogen (secondary N) is 1. The van der Waals surface area contributed by atoms with Crippen LogP contribution in [-0.4, -0.2) is 12.0 Å². The number of carbonyl (C=O) groups is 1. The first-order chi connectivity index (χ1) is 7.04. The molecule has 0 atom stereocenters.